The average Bonchev–Trinajstić information content (AvgIpc) is 2.53. The molecule has 3 heteroatoms. The zero-order valence-corrected chi connectivity index (χ0v) is 13.4. The first-order chi connectivity index (χ1) is 8.86. The van der Waals surface area contributed by atoms with Gasteiger partial charge in [0.1, 0.15) is 5.54 Å². The molecule has 1 aliphatic rings. The summed E-state index contributed by atoms with van der Waals surface area (Å²) in [7, 11) is 0. The molecule has 1 fully saturated rings. The second kappa shape index (κ2) is 7.26. The lowest BCUT2D eigenvalue weighted by molar-refractivity contribution is 0.177. The van der Waals surface area contributed by atoms with E-state index in [-0.39, 0.29) is 0 Å². The van der Waals surface area contributed by atoms with Gasteiger partial charge in [-0.3, -0.25) is 5.32 Å². The Balaban J connectivity index is 2.57. The lowest BCUT2D eigenvalue weighted by Crippen LogP contribution is -2.49. The third kappa shape index (κ3) is 5.50. The summed E-state index contributed by atoms with van der Waals surface area (Å²) in [5.41, 5.74) is -0.411. The minimum Gasteiger partial charge on any atom is -0.301 e. The van der Waals surface area contributed by atoms with Gasteiger partial charge in [0, 0.05) is 12.1 Å². The Bertz CT molecular complexity index is 308. The Morgan fingerprint density at radius 3 is 2.58 bits per heavy atom. The highest BCUT2D eigenvalue weighted by Crippen LogP contribution is 2.22. The standard InChI is InChI=1S/C16H31N3/c1-13(2)18-16(5,12-17)11-15(4)19-9-6-7-14(3)8-10-19/h13-15,18H,6-11H2,1-5H3. The van der Waals surface area contributed by atoms with Crippen LogP contribution < -0.4 is 5.32 Å². The molecule has 1 heterocycles. The van der Waals surface area contributed by atoms with Crippen molar-refractivity contribution in [1.29, 1.82) is 5.26 Å². The van der Waals surface area contributed by atoms with Crippen LogP contribution in [0.3, 0.4) is 0 Å². The molecule has 0 amide bonds. The van der Waals surface area contributed by atoms with E-state index >= 15 is 0 Å². The van der Waals surface area contributed by atoms with E-state index in [2.05, 4.69) is 44.0 Å². The number of nitrogens with one attached hydrogen (secondary N) is 1. The zero-order chi connectivity index (χ0) is 14.5. The fraction of sp³-hybridized carbons (Fsp3) is 0.938. The maximum absolute atomic E-state index is 9.45. The van der Waals surface area contributed by atoms with Crippen LogP contribution in [0.5, 0.6) is 0 Å². The van der Waals surface area contributed by atoms with Crippen molar-refractivity contribution in [2.45, 2.75) is 77.9 Å². The zero-order valence-electron chi connectivity index (χ0n) is 13.4. The minimum atomic E-state index is -0.411. The molecule has 1 rings (SSSR count). The first-order valence-corrected chi connectivity index (χ1v) is 7.79. The van der Waals surface area contributed by atoms with Crippen LogP contribution in [0.15, 0.2) is 0 Å². The van der Waals surface area contributed by atoms with E-state index in [1.54, 1.807) is 0 Å². The van der Waals surface area contributed by atoms with Gasteiger partial charge in [-0.1, -0.05) is 6.92 Å². The summed E-state index contributed by atoms with van der Waals surface area (Å²) in [5, 5.41) is 12.9. The Morgan fingerprint density at radius 2 is 2.00 bits per heavy atom. The van der Waals surface area contributed by atoms with Gasteiger partial charge in [0.15, 0.2) is 0 Å². The van der Waals surface area contributed by atoms with Gasteiger partial charge in [0.2, 0.25) is 0 Å². The Kier molecular flexibility index (Phi) is 6.29. The fourth-order valence-corrected chi connectivity index (χ4v) is 3.22. The summed E-state index contributed by atoms with van der Waals surface area (Å²) in [4.78, 5) is 2.57. The molecule has 3 atom stereocenters. The first kappa shape index (κ1) is 16.5. The molecular weight excluding hydrogens is 234 g/mol. The molecule has 110 valence electrons. The number of hydrogen-bond acceptors (Lipinski definition) is 3. The minimum absolute atomic E-state index is 0.348. The monoisotopic (exact) mass is 265 g/mol. The number of rotatable bonds is 5. The van der Waals surface area contributed by atoms with Crippen molar-refractivity contribution in [2.24, 2.45) is 5.92 Å². The molecule has 3 nitrogen and oxygen atoms in total. The van der Waals surface area contributed by atoms with Crippen LogP contribution in [0, 0.1) is 17.2 Å². The van der Waals surface area contributed by atoms with E-state index in [9.17, 15) is 5.26 Å². The number of nitrogens with zero attached hydrogens (tertiary/aromatic N) is 2. The van der Waals surface area contributed by atoms with Crippen molar-refractivity contribution in [2.75, 3.05) is 13.1 Å². The topological polar surface area (TPSA) is 39.1 Å². The molecule has 0 saturated carbocycles. The van der Waals surface area contributed by atoms with Gasteiger partial charge in [0.25, 0.3) is 0 Å². The van der Waals surface area contributed by atoms with E-state index in [0.717, 1.165) is 12.3 Å². The van der Waals surface area contributed by atoms with E-state index in [1.807, 2.05) is 6.92 Å². The van der Waals surface area contributed by atoms with Crippen LogP contribution in [-0.4, -0.2) is 35.6 Å². The summed E-state index contributed by atoms with van der Waals surface area (Å²) in [6.07, 6.45) is 4.84. The molecule has 1 aliphatic heterocycles. The summed E-state index contributed by atoms with van der Waals surface area (Å²) < 4.78 is 0. The molecule has 1 saturated heterocycles. The molecule has 0 bridgehead atoms. The Hall–Kier alpha value is -0.590. The van der Waals surface area contributed by atoms with Crippen LogP contribution in [0.25, 0.3) is 0 Å². The third-order valence-electron chi connectivity index (χ3n) is 4.23. The molecule has 0 radical (unpaired) electrons. The number of likely N-dealkylation sites (tertiary alicyclic amines) is 1. The predicted molar refractivity (Wildman–Crippen MR) is 81.0 cm³/mol. The molecule has 0 aromatic rings. The van der Waals surface area contributed by atoms with E-state index in [0.29, 0.717) is 12.1 Å². The third-order valence-corrected chi connectivity index (χ3v) is 4.23. The Labute approximate surface area is 119 Å². The fourth-order valence-electron chi connectivity index (χ4n) is 3.22. The normalized spacial score (nSPS) is 26.5. The summed E-state index contributed by atoms with van der Waals surface area (Å²) >= 11 is 0. The van der Waals surface area contributed by atoms with E-state index in [4.69, 9.17) is 0 Å². The van der Waals surface area contributed by atoms with Gasteiger partial charge in [-0.05, 0) is 72.4 Å². The molecule has 0 spiro atoms. The summed E-state index contributed by atoms with van der Waals surface area (Å²) in [5.74, 6) is 0.855. The van der Waals surface area contributed by atoms with E-state index in [1.165, 1.54) is 32.4 Å². The first-order valence-electron chi connectivity index (χ1n) is 7.79. The van der Waals surface area contributed by atoms with Crippen LogP contribution in [-0.2, 0) is 0 Å². The van der Waals surface area contributed by atoms with Gasteiger partial charge in [0.05, 0.1) is 6.07 Å². The highest BCUT2D eigenvalue weighted by molar-refractivity contribution is 5.06. The van der Waals surface area contributed by atoms with Crippen molar-refractivity contribution in [3.05, 3.63) is 0 Å². The Morgan fingerprint density at radius 1 is 1.32 bits per heavy atom. The highest BCUT2D eigenvalue weighted by Gasteiger charge is 2.29. The smallest absolute Gasteiger partial charge is 0.105 e. The maximum atomic E-state index is 9.45. The molecule has 0 aliphatic carbocycles. The second-order valence-electron chi connectivity index (χ2n) is 6.87. The SMILES string of the molecule is CC1CCCN(C(C)CC(C)(C#N)NC(C)C)CC1. The van der Waals surface area contributed by atoms with Crippen molar-refractivity contribution >= 4 is 0 Å². The van der Waals surface area contributed by atoms with Crippen LogP contribution in [0.1, 0.15) is 60.3 Å². The molecule has 19 heavy (non-hydrogen) atoms. The van der Waals surface area contributed by atoms with Crippen molar-refractivity contribution < 1.29 is 0 Å². The van der Waals surface area contributed by atoms with Crippen LogP contribution in [0.4, 0.5) is 0 Å². The van der Waals surface area contributed by atoms with Gasteiger partial charge < -0.3 is 4.90 Å². The van der Waals surface area contributed by atoms with Crippen molar-refractivity contribution in [3.63, 3.8) is 0 Å². The quantitative estimate of drug-likeness (QED) is 0.830. The van der Waals surface area contributed by atoms with Crippen LogP contribution >= 0.6 is 0 Å². The number of hydrogen-bond donors (Lipinski definition) is 1. The summed E-state index contributed by atoms with van der Waals surface area (Å²) in [6, 6.07) is 3.29. The van der Waals surface area contributed by atoms with Crippen LogP contribution in [0.2, 0.25) is 0 Å². The van der Waals surface area contributed by atoms with Gasteiger partial charge in [-0.15, -0.1) is 0 Å². The van der Waals surface area contributed by atoms with Crippen molar-refractivity contribution in [1.82, 2.24) is 10.2 Å². The maximum Gasteiger partial charge on any atom is 0.105 e. The average molecular weight is 265 g/mol. The molecule has 0 aromatic heterocycles. The lowest BCUT2D eigenvalue weighted by Gasteiger charge is -2.34. The van der Waals surface area contributed by atoms with Crippen molar-refractivity contribution in [3.8, 4) is 6.07 Å². The van der Waals surface area contributed by atoms with Gasteiger partial charge in [-0.2, -0.15) is 5.26 Å². The second-order valence-corrected chi connectivity index (χ2v) is 6.87. The van der Waals surface area contributed by atoms with Gasteiger partial charge in [-0.25, -0.2) is 0 Å². The number of nitriles is 1. The largest absolute Gasteiger partial charge is 0.301 e. The predicted octanol–water partition coefficient (Wildman–Crippen LogP) is 3.17. The van der Waals surface area contributed by atoms with E-state index < -0.39 is 5.54 Å². The molecule has 3 unspecified atom stereocenters. The molecule has 0 aromatic carbocycles. The lowest BCUT2D eigenvalue weighted by atomic mass is 9.93. The van der Waals surface area contributed by atoms with Gasteiger partial charge >= 0.3 is 0 Å². The molecular formula is C16H31N3. The summed E-state index contributed by atoms with van der Waals surface area (Å²) in [6.45, 7) is 13.2. The highest BCUT2D eigenvalue weighted by atomic mass is 15.2. The molecule has 1 N–H and O–H groups in total.